The van der Waals surface area contributed by atoms with E-state index >= 15 is 0 Å². The molecular formula is C14H12ClN5. The minimum Gasteiger partial charge on any atom is -0.368 e. The molecule has 0 aliphatic heterocycles. The molecule has 6 heteroatoms. The Labute approximate surface area is 120 Å². The zero-order valence-corrected chi connectivity index (χ0v) is 11.5. The van der Waals surface area contributed by atoms with Gasteiger partial charge in [0.15, 0.2) is 0 Å². The number of imidazole rings is 1. The van der Waals surface area contributed by atoms with E-state index in [1.807, 2.05) is 31.2 Å². The molecular weight excluding hydrogens is 274 g/mol. The Morgan fingerprint density at radius 1 is 1.30 bits per heavy atom. The van der Waals surface area contributed by atoms with E-state index in [9.17, 15) is 0 Å². The third-order valence-electron chi connectivity index (χ3n) is 2.88. The van der Waals surface area contributed by atoms with E-state index in [1.165, 1.54) is 0 Å². The smallest absolute Gasteiger partial charge is 0.221 e. The van der Waals surface area contributed by atoms with E-state index in [4.69, 9.17) is 17.3 Å². The van der Waals surface area contributed by atoms with E-state index in [2.05, 4.69) is 15.1 Å². The lowest BCUT2D eigenvalue weighted by Crippen LogP contribution is -1.96. The van der Waals surface area contributed by atoms with Gasteiger partial charge in [-0.3, -0.25) is 0 Å². The monoisotopic (exact) mass is 285 g/mol. The Hall–Kier alpha value is -2.40. The lowest BCUT2D eigenvalue weighted by molar-refractivity contribution is 0.897. The van der Waals surface area contributed by atoms with Gasteiger partial charge in [0.25, 0.3) is 0 Å². The molecule has 1 aromatic carbocycles. The Morgan fingerprint density at radius 3 is 2.90 bits per heavy atom. The van der Waals surface area contributed by atoms with E-state index < -0.39 is 0 Å². The molecule has 0 radical (unpaired) electrons. The maximum Gasteiger partial charge on any atom is 0.221 e. The standard InChI is InChI=1S/C14H12ClN5/c1-9-8-20(14(16)19-9)18-6-10-2-3-11-5-13(15)17-7-12(11)4-10/h2-8H,1H3,(H2,16,19). The third kappa shape index (κ3) is 2.48. The van der Waals surface area contributed by atoms with Gasteiger partial charge in [-0.1, -0.05) is 23.7 Å². The minimum absolute atomic E-state index is 0.369. The van der Waals surface area contributed by atoms with Gasteiger partial charge in [0.2, 0.25) is 5.95 Å². The highest BCUT2D eigenvalue weighted by atomic mass is 35.5. The average molecular weight is 286 g/mol. The number of hydrogen-bond acceptors (Lipinski definition) is 4. The summed E-state index contributed by atoms with van der Waals surface area (Å²) >= 11 is 5.86. The molecule has 0 aliphatic carbocycles. The largest absolute Gasteiger partial charge is 0.368 e. The molecule has 0 atom stereocenters. The van der Waals surface area contributed by atoms with Crippen molar-refractivity contribution < 1.29 is 0 Å². The number of pyridine rings is 1. The summed E-state index contributed by atoms with van der Waals surface area (Å²) in [7, 11) is 0. The zero-order chi connectivity index (χ0) is 14.1. The predicted molar refractivity (Wildman–Crippen MR) is 81.1 cm³/mol. The number of halogens is 1. The van der Waals surface area contributed by atoms with Crippen molar-refractivity contribution in [3.05, 3.63) is 53.1 Å². The summed E-state index contributed by atoms with van der Waals surface area (Å²) < 4.78 is 1.54. The molecule has 100 valence electrons. The number of nitrogens with zero attached hydrogens (tertiary/aromatic N) is 4. The third-order valence-corrected chi connectivity index (χ3v) is 3.09. The number of hydrogen-bond donors (Lipinski definition) is 1. The fourth-order valence-corrected chi connectivity index (χ4v) is 2.11. The van der Waals surface area contributed by atoms with Gasteiger partial charge in [-0.15, -0.1) is 0 Å². The quantitative estimate of drug-likeness (QED) is 0.581. The van der Waals surface area contributed by atoms with E-state index in [-0.39, 0.29) is 0 Å². The van der Waals surface area contributed by atoms with Crippen molar-refractivity contribution in [1.82, 2.24) is 14.6 Å². The Morgan fingerprint density at radius 2 is 2.15 bits per heavy atom. The maximum absolute atomic E-state index is 5.86. The van der Waals surface area contributed by atoms with Crippen LogP contribution in [0.4, 0.5) is 5.95 Å². The molecule has 0 saturated heterocycles. The van der Waals surface area contributed by atoms with Crippen molar-refractivity contribution in [3.8, 4) is 0 Å². The van der Waals surface area contributed by atoms with Crippen LogP contribution in [-0.4, -0.2) is 20.9 Å². The van der Waals surface area contributed by atoms with Crippen LogP contribution >= 0.6 is 11.6 Å². The van der Waals surface area contributed by atoms with Crippen molar-refractivity contribution in [2.45, 2.75) is 6.92 Å². The van der Waals surface area contributed by atoms with Gasteiger partial charge in [-0.05, 0) is 30.0 Å². The van der Waals surface area contributed by atoms with E-state index in [0.29, 0.717) is 11.1 Å². The highest BCUT2D eigenvalue weighted by Gasteiger charge is 2.00. The van der Waals surface area contributed by atoms with E-state index in [0.717, 1.165) is 22.0 Å². The first kappa shape index (κ1) is 12.6. The molecule has 0 aliphatic rings. The fourth-order valence-electron chi connectivity index (χ4n) is 1.94. The first-order valence-corrected chi connectivity index (χ1v) is 6.41. The van der Waals surface area contributed by atoms with Crippen LogP contribution in [0.25, 0.3) is 10.8 Å². The molecule has 5 nitrogen and oxygen atoms in total. The van der Waals surface area contributed by atoms with Gasteiger partial charge in [-0.2, -0.15) is 5.10 Å². The second-order valence-electron chi connectivity index (χ2n) is 4.44. The van der Waals surface area contributed by atoms with Gasteiger partial charge in [0.05, 0.1) is 18.1 Å². The average Bonchev–Trinajstić information content (AvgIpc) is 2.74. The van der Waals surface area contributed by atoms with Gasteiger partial charge in [-0.25, -0.2) is 14.6 Å². The fraction of sp³-hybridized carbons (Fsp3) is 0.0714. The normalized spacial score (nSPS) is 11.5. The molecule has 2 heterocycles. The number of aromatic nitrogens is 3. The van der Waals surface area contributed by atoms with Crippen molar-refractivity contribution in [2.75, 3.05) is 5.73 Å². The van der Waals surface area contributed by atoms with Crippen LogP contribution in [0.5, 0.6) is 0 Å². The first-order chi connectivity index (χ1) is 9.61. The van der Waals surface area contributed by atoms with Crippen LogP contribution in [0.1, 0.15) is 11.3 Å². The molecule has 2 N–H and O–H groups in total. The molecule has 0 amide bonds. The summed E-state index contributed by atoms with van der Waals surface area (Å²) in [6.45, 7) is 1.87. The lowest BCUT2D eigenvalue weighted by atomic mass is 10.1. The van der Waals surface area contributed by atoms with Crippen molar-refractivity contribution in [3.63, 3.8) is 0 Å². The molecule has 0 bridgehead atoms. The zero-order valence-electron chi connectivity index (χ0n) is 10.8. The van der Waals surface area contributed by atoms with Crippen LogP contribution in [0.3, 0.4) is 0 Å². The number of aryl methyl sites for hydroxylation is 1. The summed E-state index contributed by atoms with van der Waals surface area (Å²) in [4.78, 5) is 8.16. The molecule has 2 aromatic heterocycles. The summed E-state index contributed by atoms with van der Waals surface area (Å²) in [6, 6.07) is 7.76. The molecule has 0 unspecified atom stereocenters. The van der Waals surface area contributed by atoms with Crippen molar-refractivity contribution in [2.24, 2.45) is 5.10 Å². The summed E-state index contributed by atoms with van der Waals surface area (Å²) in [5.74, 6) is 0.369. The Kier molecular flexibility index (Phi) is 3.12. The number of benzene rings is 1. The highest BCUT2D eigenvalue weighted by molar-refractivity contribution is 6.30. The second-order valence-corrected chi connectivity index (χ2v) is 4.83. The SMILES string of the molecule is Cc1cn(N=Cc2ccc3cc(Cl)ncc3c2)c(N)n1. The lowest BCUT2D eigenvalue weighted by Gasteiger charge is -2.00. The molecule has 0 fully saturated rings. The van der Waals surface area contributed by atoms with Gasteiger partial charge >= 0.3 is 0 Å². The maximum atomic E-state index is 5.86. The van der Waals surface area contributed by atoms with Crippen molar-refractivity contribution >= 4 is 34.5 Å². The molecule has 20 heavy (non-hydrogen) atoms. The molecule has 0 spiro atoms. The molecule has 0 saturated carbocycles. The van der Waals surface area contributed by atoms with Gasteiger partial charge in [0, 0.05) is 11.6 Å². The van der Waals surface area contributed by atoms with Crippen LogP contribution in [0.2, 0.25) is 5.15 Å². The van der Waals surface area contributed by atoms with E-state index in [1.54, 1.807) is 23.3 Å². The highest BCUT2D eigenvalue weighted by Crippen LogP contribution is 2.17. The molecule has 3 rings (SSSR count). The number of nitrogen functional groups attached to an aromatic ring is 1. The van der Waals surface area contributed by atoms with Gasteiger partial charge in [0.1, 0.15) is 5.15 Å². The first-order valence-electron chi connectivity index (χ1n) is 6.03. The number of fused-ring (bicyclic) bond motifs is 1. The predicted octanol–water partition coefficient (Wildman–Crippen LogP) is 2.86. The second kappa shape index (κ2) is 4.94. The van der Waals surface area contributed by atoms with Crippen molar-refractivity contribution in [1.29, 1.82) is 0 Å². The minimum atomic E-state index is 0.369. The summed E-state index contributed by atoms with van der Waals surface area (Å²) in [5, 5.41) is 6.81. The van der Waals surface area contributed by atoms with Crippen LogP contribution in [-0.2, 0) is 0 Å². The Bertz CT molecular complexity index is 806. The number of nitrogens with two attached hydrogens (primary N) is 1. The van der Waals surface area contributed by atoms with Crippen LogP contribution in [0.15, 0.2) is 41.8 Å². The van der Waals surface area contributed by atoms with Gasteiger partial charge < -0.3 is 5.73 Å². The summed E-state index contributed by atoms with van der Waals surface area (Å²) in [6.07, 6.45) is 5.24. The van der Waals surface area contributed by atoms with Crippen LogP contribution < -0.4 is 5.73 Å². The Balaban J connectivity index is 1.94. The number of anilines is 1. The van der Waals surface area contributed by atoms with Crippen LogP contribution in [0, 0.1) is 6.92 Å². The summed E-state index contributed by atoms with van der Waals surface area (Å²) in [5.41, 5.74) is 7.51. The molecule has 3 aromatic rings. The topological polar surface area (TPSA) is 69.1 Å². The number of rotatable bonds is 2.